The second kappa shape index (κ2) is 9.83. The first-order chi connectivity index (χ1) is 20.7. The molecule has 43 heavy (non-hydrogen) atoms. The molecule has 2 aromatic carbocycles. The van der Waals surface area contributed by atoms with Crippen LogP contribution in [0.3, 0.4) is 0 Å². The number of rotatable bonds is 5. The molecule has 0 spiro atoms. The van der Waals surface area contributed by atoms with Gasteiger partial charge in [0, 0.05) is 24.2 Å². The van der Waals surface area contributed by atoms with Gasteiger partial charge in [0.2, 0.25) is 5.82 Å². The summed E-state index contributed by atoms with van der Waals surface area (Å²) in [4.78, 5) is 25.4. The maximum absolute atomic E-state index is 13.1. The van der Waals surface area contributed by atoms with Gasteiger partial charge in [-0.05, 0) is 54.3 Å². The van der Waals surface area contributed by atoms with Gasteiger partial charge < -0.3 is 5.32 Å². The number of carbonyl (C=O) groups is 1. The number of nitrogens with zero attached hydrogens (tertiary/aromatic N) is 6. The van der Waals surface area contributed by atoms with E-state index in [1.54, 1.807) is 47.4 Å². The molecular formula is C32H23F3N7O+. The van der Waals surface area contributed by atoms with Crippen LogP contribution < -0.4 is 9.72 Å². The van der Waals surface area contributed by atoms with Gasteiger partial charge in [0.05, 0.1) is 27.7 Å². The zero-order valence-electron chi connectivity index (χ0n) is 22.6. The Kier molecular flexibility index (Phi) is 6.05. The summed E-state index contributed by atoms with van der Waals surface area (Å²) < 4.78 is 43.0. The van der Waals surface area contributed by atoms with E-state index in [9.17, 15) is 18.0 Å². The normalized spacial score (nSPS) is 14.5. The molecule has 1 aliphatic carbocycles. The fourth-order valence-corrected chi connectivity index (χ4v) is 5.62. The summed E-state index contributed by atoms with van der Waals surface area (Å²) in [6, 6.07) is 22.6. The van der Waals surface area contributed by atoms with Crippen molar-refractivity contribution >= 4 is 22.5 Å². The monoisotopic (exact) mass is 578 g/mol. The van der Waals surface area contributed by atoms with Crippen LogP contribution in [-0.2, 0) is 10.3 Å². The lowest BCUT2D eigenvalue weighted by Gasteiger charge is -2.44. The number of amides is 1. The van der Waals surface area contributed by atoms with E-state index in [4.69, 9.17) is 10.1 Å². The molecule has 0 atom stereocenters. The average molecular weight is 579 g/mol. The Hall–Kier alpha value is -5.45. The molecule has 1 aliphatic rings. The molecule has 4 aromatic heterocycles. The number of hydrogen-bond acceptors (Lipinski definition) is 5. The summed E-state index contributed by atoms with van der Waals surface area (Å²) in [6.07, 6.45) is 2.42. The molecule has 11 heteroatoms. The quantitative estimate of drug-likeness (QED) is 0.215. The van der Waals surface area contributed by atoms with E-state index < -0.39 is 17.6 Å². The van der Waals surface area contributed by atoms with Gasteiger partial charge in [-0.25, -0.2) is 9.97 Å². The van der Waals surface area contributed by atoms with Gasteiger partial charge >= 0.3 is 17.9 Å². The third-order valence-corrected chi connectivity index (χ3v) is 7.64. The van der Waals surface area contributed by atoms with Crippen LogP contribution in [0, 0.1) is 0 Å². The predicted molar refractivity (Wildman–Crippen MR) is 153 cm³/mol. The van der Waals surface area contributed by atoms with E-state index in [0.29, 0.717) is 28.5 Å². The molecule has 1 fully saturated rings. The van der Waals surface area contributed by atoms with E-state index in [2.05, 4.69) is 27.9 Å². The lowest BCUT2D eigenvalue weighted by molar-refractivity contribution is -0.499. The number of carbonyl (C=O) groups excluding carboxylic acids is 1. The summed E-state index contributed by atoms with van der Waals surface area (Å²) in [5.41, 5.74) is 4.18. The summed E-state index contributed by atoms with van der Waals surface area (Å²) in [5.74, 6) is -1.06. The first kappa shape index (κ1) is 26.4. The van der Waals surface area contributed by atoms with Gasteiger partial charge in [0.15, 0.2) is 0 Å². The second-order valence-corrected chi connectivity index (χ2v) is 10.5. The molecule has 1 saturated carbocycles. The molecule has 0 saturated heterocycles. The number of benzene rings is 2. The number of fused-ring (bicyclic) bond motifs is 3. The van der Waals surface area contributed by atoms with Crippen LogP contribution in [0.1, 0.15) is 18.4 Å². The number of halogens is 3. The molecule has 0 bridgehead atoms. The fraction of sp³-hybridized carbons (Fsp3) is 0.125. The largest absolute Gasteiger partial charge is 0.471 e. The Bertz CT molecular complexity index is 2010. The molecule has 7 rings (SSSR count). The number of aromatic nitrogens is 6. The van der Waals surface area contributed by atoms with Crippen molar-refractivity contribution < 1.29 is 22.4 Å². The van der Waals surface area contributed by atoms with Crippen molar-refractivity contribution in [1.82, 2.24) is 30.0 Å². The number of hydrogen-bond donors (Lipinski definition) is 1. The van der Waals surface area contributed by atoms with Crippen LogP contribution in [0.25, 0.3) is 45.0 Å². The van der Waals surface area contributed by atoms with Gasteiger partial charge in [-0.1, -0.05) is 59.3 Å². The molecule has 4 heterocycles. The third-order valence-electron chi connectivity index (χ3n) is 7.64. The number of nitrogens with one attached hydrogen (secondary N) is 1. The second-order valence-electron chi connectivity index (χ2n) is 10.5. The van der Waals surface area contributed by atoms with Gasteiger partial charge in [0.1, 0.15) is 5.69 Å². The average Bonchev–Trinajstić information content (AvgIpc) is 3.41. The van der Waals surface area contributed by atoms with Crippen molar-refractivity contribution in [3.8, 4) is 28.5 Å². The Balaban J connectivity index is 1.39. The smallest absolute Gasteiger partial charge is 0.338 e. The highest BCUT2D eigenvalue weighted by molar-refractivity contribution is 5.93. The van der Waals surface area contributed by atoms with Crippen molar-refractivity contribution in [2.75, 3.05) is 0 Å². The van der Waals surface area contributed by atoms with Gasteiger partial charge in [-0.2, -0.15) is 17.6 Å². The standard InChI is InChI=1S/C32H22F3N7O/c1-20-17-31(18-20,39-30(43)32(33,34)35)23-8-10-24(11-9-23)42-29-25-16-22(21-6-3-2-4-7-21)19-38-26(25)12-15-41(29)28(40-42)27-36-13-5-14-37-27/h2-16,19H,1,17-18H2/p+1. The zero-order valence-corrected chi connectivity index (χ0v) is 22.6. The van der Waals surface area contributed by atoms with Crippen molar-refractivity contribution in [1.29, 1.82) is 0 Å². The molecule has 1 amide bonds. The Morgan fingerprint density at radius 1 is 0.930 bits per heavy atom. The highest BCUT2D eigenvalue weighted by Crippen LogP contribution is 2.45. The summed E-state index contributed by atoms with van der Waals surface area (Å²) in [5, 5.41) is 7.92. The highest BCUT2D eigenvalue weighted by Gasteiger charge is 2.48. The minimum absolute atomic E-state index is 0.225. The Morgan fingerprint density at radius 2 is 1.65 bits per heavy atom. The van der Waals surface area contributed by atoms with E-state index in [1.807, 2.05) is 53.2 Å². The third kappa shape index (κ3) is 4.58. The van der Waals surface area contributed by atoms with E-state index >= 15 is 0 Å². The lowest BCUT2D eigenvalue weighted by atomic mass is 9.69. The molecular weight excluding hydrogens is 555 g/mol. The lowest BCUT2D eigenvalue weighted by Crippen LogP contribution is -2.55. The predicted octanol–water partition coefficient (Wildman–Crippen LogP) is 5.51. The van der Waals surface area contributed by atoms with Gasteiger partial charge in [-0.15, -0.1) is 0 Å². The Labute approximate surface area is 243 Å². The molecule has 1 N–H and O–H groups in total. The molecule has 212 valence electrons. The topological polar surface area (TPSA) is 89.7 Å². The van der Waals surface area contributed by atoms with Gasteiger partial charge in [-0.3, -0.25) is 9.78 Å². The molecule has 6 aromatic rings. The minimum Gasteiger partial charge on any atom is -0.338 e. The maximum atomic E-state index is 13.1. The Morgan fingerprint density at radius 3 is 2.33 bits per heavy atom. The molecule has 0 radical (unpaired) electrons. The summed E-state index contributed by atoms with van der Waals surface area (Å²) >= 11 is 0. The maximum Gasteiger partial charge on any atom is 0.471 e. The van der Waals surface area contributed by atoms with Crippen LogP contribution in [0.2, 0.25) is 0 Å². The molecule has 0 aliphatic heterocycles. The van der Waals surface area contributed by atoms with E-state index in [-0.39, 0.29) is 12.8 Å². The van der Waals surface area contributed by atoms with Crippen molar-refractivity contribution in [2.24, 2.45) is 0 Å². The SMILES string of the molecule is C=C1CC(NC(=O)C(F)(F)F)(c2ccc(-n3nc(-c4ncccn4)[n+]4ccc5ncc(-c6ccccc6)cc5c34)cc2)C1. The van der Waals surface area contributed by atoms with Crippen molar-refractivity contribution in [3.05, 3.63) is 115 Å². The number of alkyl halides is 3. The van der Waals surface area contributed by atoms with E-state index in [0.717, 1.165) is 27.6 Å². The highest BCUT2D eigenvalue weighted by atomic mass is 19.4. The first-order valence-electron chi connectivity index (χ1n) is 13.4. The van der Waals surface area contributed by atoms with Crippen LogP contribution in [0.15, 0.2) is 110 Å². The fourth-order valence-electron chi connectivity index (χ4n) is 5.62. The van der Waals surface area contributed by atoms with Gasteiger partial charge in [0.25, 0.3) is 5.65 Å². The zero-order chi connectivity index (χ0) is 29.8. The molecule has 0 unspecified atom stereocenters. The summed E-state index contributed by atoms with van der Waals surface area (Å²) in [7, 11) is 0. The first-order valence-corrected chi connectivity index (χ1v) is 13.4. The van der Waals surface area contributed by atoms with Crippen molar-refractivity contribution in [3.63, 3.8) is 0 Å². The van der Waals surface area contributed by atoms with Crippen molar-refractivity contribution in [2.45, 2.75) is 24.6 Å². The van der Waals surface area contributed by atoms with Crippen LogP contribution >= 0.6 is 0 Å². The number of pyridine rings is 2. The van der Waals surface area contributed by atoms with Crippen LogP contribution in [-0.4, -0.2) is 36.8 Å². The van der Waals surface area contributed by atoms with Crippen LogP contribution in [0.4, 0.5) is 13.2 Å². The molecule has 8 nitrogen and oxygen atoms in total. The van der Waals surface area contributed by atoms with E-state index in [1.165, 1.54) is 0 Å². The van der Waals surface area contributed by atoms with Crippen LogP contribution in [0.5, 0.6) is 0 Å². The minimum atomic E-state index is -4.99. The summed E-state index contributed by atoms with van der Waals surface area (Å²) in [6.45, 7) is 3.87.